The van der Waals surface area contributed by atoms with Gasteiger partial charge in [0.25, 0.3) is 10.1 Å². The first-order valence-corrected chi connectivity index (χ1v) is 7.50. The standard InChI is InChI=1S/C16H12O3S.Mg.2H/c1-2-11-7-8-14-9-12-5-3-4-6-13(12)10-15(14)16(11)20(17,18)19;;;/h2-10H,1H2,(H,17,18,19);;;/q;+2;2*-1. The van der Waals surface area contributed by atoms with Gasteiger partial charge in [-0.15, -0.1) is 0 Å². The van der Waals surface area contributed by atoms with E-state index >= 15 is 0 Å². The summed E-state index contributed by atoms with van der Waals surface area (Å²) >= 11 is 0. The molecule has 0 aromatic heterocycles. The van der Waals surface area contributed by atoms with Crippen LogP contribution in [0.1, 0.15) is 8.42 Å². The predicted octanol–water partition coefficient (Wildman–Crippen LogP) is 3.73. The topological polar surface area (TPSA) is 54.4 Å². The Morgan fingerprint density at radius 1 is 1.00 bits per heavy atom. The van der Waals surface area contributed by atoms with Gasteiger partial charge in [0.15, 0.2) is 0 Å². The molecule has 3 rings (SSSR count). The summed E-state index contributed by atoms with van der Waals surface area (Å²) in [4.78, 5) is -0.0873. The Bertz CT molecular complexity index is 956. The van der Waals surface area contributed by atoms with E-state index in [-0.39, 0.29) is 30.8 Å². The van der Waals surface area contributed by atoms with Crippen molar-refractivity contribution in [1.29, 1.82) is 0 Å². The van der Waals surface area contributed by atoms with E-state index in [0.717, 1.165) is 16.2 Å². The second kappa shape index (κ2) is 5.77. The maximum absolute atomic E-state index is 11.7. The van der Waals surface area contributed by atoms with Gasteiger partial charge in [0.1, 0.15) is 4.90 Å². The second-order valence-corrected chi connectivity index (χ2v) is 5.94. The van der Waals surface area contributed by atoms with Crippen LogP contribution >= 0.6 is 0 Å². The Kier molecular flexibility index (Phi) is 4.39. The molecule has 0 bridgehead atoms. The molecular formula is C16H14MgO3S. The molecule has 0 radical (unpaired) electrons. The molecule has 0 spiro atoms. The molecule has 3 nitrogen and oxygen atoms in total. The molecular weight excluding hydrogens is 297 g/mol. The summed E-state index contributed by atoms with van der Waals surface area (Å²) in [5, 5.41) is 3.21. The van der Waals surface area contributed by atoms with E-state index in [4.69, 9.17) is 0 Å². The molecule has 0 aliphatic heterocycles. The number of hydrogen-bond donors (Lipinski definition) is 1. The number of fused-ring (bicyclic) bond motifs is 2. The van der Waals surface area contributed by atoms with E-state index in [1.54, 1.807) is 12.1 Å². The van der Waals surface area contributed by atoms with Crippen LogP contribution in [0.3, 0.4) is 0 Å². The van der Waals surface area contributed by atoms with Gasteiger partial charge < -0.3 is 2.85 Å². The molecule has 0 atom stereocenters. The first-order valence-electron chi connectivity index (χ1n) is 6.06. The zero-order valence-corrected chi connectivity index (χ0v) is 13.5. The van der Waals surface area contributed by atoms with Crippen molar-refractivity contribution in [2.24, 2.45) is 0 Å². The fourth-order valence-corrected chi connectivity index (χ4v) is 3.36. The van der Waals surface area contributed by atoms with Crippen molar-refractivity contribution in [3.05, 3.63) is 60.7 Å². The van der Waals surface area contributed by atoms with E-state index in [1.807, 2.05) is 36.4 Å². The molecule has 0 fully saturated rings. The van der Waals surface area contributed by atoms with Crippen LogP contribution in [0, 0.1) is 0 Å². The summed E-state index contributed by atoms with van der Waals surface area (Å²) in [6, 6.07) is 14.8. The van der Waals surface area contributed by atoms with Gasteiger partial charge in [-0.3, -0.25) is 4.55 Å². The van der Waals surface area contributed by atoms with Gasteiger partial charge in [0.05, 0.1) is 0 Å². The normalized spacial score (nSPS) is 11.3. The SMILES string of the molecule is C=Cc1ccc2cc3ccccc3cc2c1S(=O)(=O)O.[H-].[H-].[Mg+2]. The number of hydrogen-bond acceptors (Lipinski definition) is 2. The van der Waals surface area contributed by atoms with Gasteiger partial charge in [-0.2, -0.15) is 8.42 Å². The van der Waals surface area contributed by atoms with E-state index in [0.29, 0.717) is 10.9 Å². The summed E-state index contributed by atoms with van der Waals surface area (Å²) in [5.41, 5.74) is 0.398. The number of benzene rings is 3. The molecule has 1 N–H and O–H groups in total. The van der Waals surface area contributed by atoms with E-state index < -0.39 is 10.1 Å². The maximum Gasteiger partial charge on any atom is 2.00 e. The first kappa shape index (κ1) is 16.0. The van der Waals surface area contributed by atoms with Crippen molar-refractivity contribution in [2.75, 3.05) is 0 Å². The second-order valence-electron chi connectivity index (χ2n) is 4.58. The van der Waals surface area contributed by atoms with Crippen LogP contribution in [-0.2, 0) is 10.1 Å². The minimum absolute atomic E-state index is 0. The molecule has 3 aromatic rings. The third-order valence-electron chi connectivity index (χ3n) is 3.34. The van der Waals surface area contributed by atoms with E-state index in [1.165, 1.54) is 6.08 Å². The molecule has 0 saturated carbocycles. The quantitative estimate of drug-likeness (QED) is 0.446. The van der Waals surface area contributed by atoms with Gasteiger partial charge in [0, 0.05) is 5.39 Å². The minimum Gasteiger partial charge on any atom is -1.00 e. The molecule has 0 aliphatic rings. The third-order valence-corrected chi connectivity index (χ3v) is 4.32. The summed E-state index contributed by atoms with van der Waals surface area (Å²) in [6.45, 7) is 3.60. The molecule has 104 valence electrons. The zero-order chi connectivity index (χ0) is 14.3. The summed E-state index contributed by atoms with van der Waals surface area (Å²) < 4.78 is 32.8. The molecule has 21 heavy (non-hydrogen) atoms. The van der Waals surface area contributed by atoms with Gasteiger partial charge in [-0.1, -0.05) is 49.1 Å². The van der Waals surface area contributed by atoms with Gasteiger partial charge in [-0.25, -0.2) is 0 Å². The fourth-order valence-electron chi connectivity index (χ4n) is 2.45. The first-order chi connectivity index (χ1) is 9.50. The average molecular weight is 311 g/mol. The van der Waals surface area contributed by atoms with Gasteiger partial charge in [0.2, 0.25) is 0 Å². The maximum atomic E-state index is 11.7. The monoisotopic (exact) mass is 310 g/mol. The zero-order valence-electron chi connectivity index (χ0n) is 13.3. The van der Waals surface area contributed by atoms with Crippen LogP contribution in [0.15, 0.2) is 60.0 Å². The minimum atomic E-state index is -4.31. The smallest absolute Gasteiger partial charge is 1.00 e. The molecule has 0 amide bonds. The van der Waals surface area contributed by atoms with Crippen molar-refractivity contribution >= 4 is 60.8 Å². The van der Waals surface area contributed by atoms with Crippen LogP contribution in [0.5, 0.6) is 0 Å². The summed E-state index contributed by atoms with van der Waals surface area (Å²) in [5.74, 6) is 0. The van der Waals surface area contributed by atoms with Crippen LogP contribution in [0.25, 0.3) is 27.6 Å². The van der Waals surface area contributed by atoms with E-state index in [2.05, 4.69) is 6.58 Å². The molecule has 3 aromatic carbocycles. The van der Waals surface area contributed by atoms with Crippen LogP contribution in [0.4, 0.5) is 0 Å². The molecule has 0 saturated heterocycles. The van der Waals surface area contributed by atoms with Gasteiger partial charge in [-0.05, 0) is 33.9 Å². The fraction of sp³-hybridized carbons (Fsp3) is 0. The molecule has 0 heterocycles. The van der Waals surface area contributed by atoms with Crippen molar-refractivity contribution in [3.63, 3.8) is 0 Å². The largest absolute Gasteiger partial charge is 2.00 e. The van der Waals surface area contributed by atoms with E-state index in [9.17, 15) is 13.0 Å². The number of rotatable bonds is 2. The molecule has 0 aliphatic carbocycles. The van der Waals surface area contributed by atoms with Gasteiger partial charge >= 0.3 is 23.1 Å². The molecule has 0 unspecified atom stereocenters. The Balaban J connectivity index is 0.00000161. The predicted molar refractivity (Wildman–Crippen MR) is 89.3 cm³/mol. The van der Waals surface area contributed by atoms with Crippen LogP contribution < -0.4 is 0 Å². The Hall–Kier alpha value is -1.40. The van der Waals surface area contributed by atoms with Crippen LogP contribution in [-0.4, -0.2) is 36.0 Å². The molecule has 5 heteroatoms. The summed E-state index contributed by atoms with van der Waals surface area (Å²) in [6.07, 6.45) is 1.43. The summed E-state index contributed by atoms with van der Waals surface area (Å²) in [7, 11) is -4.31. The Morgan fingerprint density at radius 3 is 2.19 bits per heavy atom. The average Bonchev–Trinajstić information content (AvgIpc) is 2.42. The Morgan fingerprint density at radius 2 is 1.62 bits per heavy atom. The Labute approximate surface area is 142 Å². The third kappa shape index (κ3) is 2.82. The van der Waals surface area contributed by atoms with Crippen molar-refractivity contribution in [3.8, 4) is 0 Å². The van der Waals surface area contributed by atoms with Crippen molar-refractivity contribution in [2.45, 2.75) is 4.90 Å². The van der Waals surface area contributed by atoms with Crippen molar-refractivity contribution in [1.82, 2.24) is 0 Å². The van der Waals surface area contributed by atoms with Crippen LogP contribution in [0.2, 0.25) is 0 Å². The van der Waals surface area contributed by atoms with Crippen molar-refractivity contribution < 1.29 is 15.8 Å².